The number of aromatic nitrogens is 6. The number of para-hydroxylation sites is 6. The first kappa shape index (κ1) is 70.5. The molecule has 0 fully saturated rings. The fourth-order valence-corrected chi connectivity index (χ4v) is 15.3. The van der Waals surface area contributed by atoms with E-state index in [-0.39, 0.29) is 0 Å². The third-order valence-corrected chi connectivity index (χ3v) is 20.8. The topological polar surface area (TPSA) is 67.9 Å². The van der Waals surface area contributed by atoms with Crippen molar-refractivity contribution < 1.29 is 0 Å². The Morgan fingerprint density at radius 1 is 0.193 bits per heavy atom. The molecular formula is C106H78N8. The Hall–Kier alpha value is -15.1. The standard InChI is InChI=1S/C52H36N4.C37H28N2.C17H14N2/c1-5-15-39(16-6-1)48-36-49(54-52(53-48)41-17-7-2-8-18-41)40-27-25-37(26-28-40)38-29-31-44(32-30-38)56-50-24-14-13-23-46(50)47-35-45(33-34-51(47)56)55(42-19-9-3-10-20-42)43-21-11-4-12-22-43;1-27-16-18-28(19-17-27)29-20-22-32(23-21-29)39-36-15-9-8-14-34(36)35-26-33(24-25-37(35)39)38(30-10-4-2-5-11-30)31-12-6-3-7-13-31;1-13-12-16(14-8-4-2-5-9-14)19-17(18-13)15-10-6-3-7-11-15/h1-36H;2-26H,1H3;2-12H,1H3. The van der Waals surface area contributed by atoms with E-state index in [4.69, 9.17) is 9.97 Å². The Balaban J connectivity index is 0.000000134. The zero-order chi connectivity index (χ0) is 76.5. The summed E-state index contributed by atoms with van der Waals surface area (Å²) in [6.45, 7) is 4.13. The lowest BCUT2D eigenvalue weighted by molar-refractivity contribution is 1.11. The average molecular weight is 1460 g/mol. The number of rotatable bonds is 15. The third-order valence-electron chi connectivity index (χ3n) is 20.8. The van der Waals surface area contributed by atoms with Gasteiger partial charge in [-0.2, -0.15) is 0 Å². The van der Waals surface area contributed by atoms with Gasteiger partial charge in [-0.3, -0.25) is 0 Å². The van der Waals surface area contributed by atoms with E-state index in [0.717, 1.165) is 113 Å². The number of nitrogens with zero attached hydrogens (tertiary/aromatic N) is 8. The second-order valence-electron chi connectivity index (χ2n) is 28.3. The molecule has 0 atom stereocenters. The summed E-state index contributed by atoms with van der Waals surface area (Å²) in [5, 5.41) is 4.92. The fourth-order valence-electron chi connectivity index (χ4n) is 15.3. The summed E-state index contributed by atoms with van der Waals surface area (Å²) in [4.78, 5) is 23.8. The van der Waals surface area contributed by atoms with E-state index in [0.29, 0.717) is 5.82 Å². The SMILES string of the molecule is Cc1cc(-c2ccccc2)nc(-c2ccccc2)n1.Cc1ccc(-c2ccc(-n3c4ccccc4c4cc(N(c5ccccc5)c5ccccc5)ccc43)cc2)cc1.c1ccc(-c2cc(-c3ccc(-c4ccc(-n5c6ccccc6c6cc(N(c7ccccc7)c7ccccc7)ccc65)cc4)cc3)nc(-c3ccccc3)n2)cc1. The van der Waals surface area contributed by atoms with Gasteiger partial charge in [-0.05, 0) is 170 Å². The Morgan fingerprint density at radius 2 is 0.465 bits per heavy atom. The highest BCUT2D eigenvalue weighted by Gasteiger charge is 2.21. The largest absolute Gasteiger partial charge is 0.310 e. The molecule has 542 valence electrons. The van der Waals surface area contributed by atoms with Crippen molar-refractivity contribution in [2.75, 3.05) is 9.80 Å². The lowest BCUT2D eigenvalue weighted by Gasteiger charge is -2.25. The summed E-state index contributed by atoms with van der Waals surface area (Å²) in [5.74, 6) is 1.49. The normalized spacial score (nSPS) is 11.1. The maximum absolute atomic E-state index is 5.02. The summed E-state index contributed by atoms with van der Waals surface area (Å²) < 4.78 is 4.75. The van der Waals surface area contributed by atoms with Gasteiger partial charge in [-0.15, -0.1) is 0 Å². The second kappa shape index (κ2) is 32.2. The lowest BCUT2D eigenvalue weighted by atomic mass is 10.0. The molecule has 8 heteroatoms. The number of fused-ring (bicyclic) bond motifs is 6. The van der Waals surface area contributed by atoms with Crippen molar-refractivity contribution in [1.29, 1.82) is 0 Å². The van der Waals surface area contributed by atoms with Gasteiger partial charge in [0.2, 0.25) is 0 Å². The van der Waals surface area contributed by atoms with Crippen LogP contribution in [-0.2, 0) is 0 Å². The van der Waals surface area contributed by atoms with Crippen LogP contribution >= 0.6 is 0 Å². The molecule has 0 spiro atoms. The summed E-state index contributed by atoms with van der Waals surface area (Å²) in [5.41, 5.74) is 28.9. The van der Waals surface area contributed by atoms with Gasteiger partial charge in [-0.25, -0.2) is 19.9 Å². The van der Waals surface area contributed by atoms with E-state index in [1.165, 1.54) is 60.3 Å². The highest BCUT2D eigenvalue weighted by atomic mass is 15.1. The molecule has 4 aromatic heterocycles. The quantitative estimate of drug-likeness (QED) is 0.102. The Kier molecular flexibility index (Phi) is 19.9. The Morgan fingerprint density at radius 3 is 0.833 bits per heavy atom. The molecule has 0 radical (unpaired) electrons. The van der Waals surface area contributed by atoms with Gasteiger partial charge in [0.1, 0.15) is 0 Å². The molecule has 0 saturated heterocycles. The minimum Gasteiger partial charge on any atom is -0.310 e. The predicted octanol–water partition coefficient (Wildman–Crippen LogP) is 28.1. The van der Waals surface area contributed by atoms with Crippen LogP contribution in [0.3, 0.4) is 0 Å². The summed E-state index contributed by atoms with van der Waals surface area (Å²) in [6, 6.07) is 153. The highest BCUT2D eigenvalue weighted by molar-refractivity contribution is 6.12. The number of hydrogen-bond donors (Lipinski definition) is 0. The van der Waals surface area contributed by atoms with Crippen LogP contribution < -0.4 is 9.80 Å². The van der Waals surface area contributed by atoms with Crippen molar-refractivity contribution in [3.05, 3.63) is 448 Å². The van der Waals surface area contributed by atoms with E-state index in [9.17, 15) is 0 Å². The molecular weight excluding hydrogens is 1390 g/mol. The third kappa shape index (κ3) is 14.9. The zero-order valence-electron chi connectivity index (χ0n) is 63.1. The van der Waals surface area contributed by atoms with Crippen molar-refractivity contribution in [3.63, 3.8) is 0 Å². The van der Waals surface area contributed by atoms with Crippen molar-refractivity contribution >= 4 is 77.7 Å². The molecule has 16 aromatic carbocycles. The molecule has 0 aliphatic carbocycles. The molecule has 0 amide bonds. The van der Waals surface area contributed by atoms with Crippen molar-refractivity contribution in [2.24, 2.45) is 0 Å². The first-order chi connectivity index (χ1) is 56.3. The minimum absolute atomic E-state index is 0.715. The van der Waals surface area contributed by atoms with Crippen LogP contribution in [0.4, 0.5) is 34.1 Å². The lowest BCUT2D eigenvalue weighted by Crippen LogP contribution is -2.09. The van der Waals surface area contributed by atoms with Gasteiger partial charge in [0, 0.05) is 101 Å². The van der Waals surface area contributed by atoms with Gasteiger partial charge in [-0.1, -0.05) is 309 Å². The molecule has 4 heterocycles. The number of anilines is 6. The Labute approximate surface area is 664 Å². The van der Waals surface area contributed by atoms with Crippen LogP contribution in [0.1, 0.15) is 11.3 Å². The average Bonchev–Trinajstić information content (AvgIpc) is 1.59. The minimum atomic E-state index is 0.715. The van der Waals surface area contributed by atoms with Gasteiger partial charge < -0.3 is 18.9 Å². The first-order valence-electron chi connectivity index (χ1n) is 38.6. The van der Waals surface area contributed by atoms with Crippen LogP contribution in [-0.4, -0.2) is 29.1 Å². The molecule has 114 heavy (non-hydrogen) atoms. The molecule has 0 aliphatic heterocycles. The van der Waals surface area contributed by atoms with E-state index >= 15 is 0 Å². The molecule has 8 nitrogen and oxygen atoms in total. The zero-order valence-corrected chi connectivity index (χ0v) is 63.1. The number of benzene rings is 16. The van der Waals surface area contributed by atoms with E-state index in [1.807, 2.05) is 97.9 Å². The van der Waals surface area contributed by atoms with E-state index in [1.54, 1.807) is 0 Å². The van der Waals surface area contributed by atoms with Gasteiger partial charge >= 0.3 is 0 Å². The maximum atomic E-state index is 5.02. The first-order valence-corrected chi connectivity index (χ1v) is 38.6. The van der Waals surface area contributed by atoms with Crippen LogP contribution in [0.25, 0.3) is 134 Å². The van der Waals surface area contributed by atoms with E-state index < -0.39 is 0 Å². The summed E-state index contributed by atoms with van der Waals surface area (Å²) in [6.07, 6.45) is 0. The molecule has 0 unspecified atom stereocenters. The molecule has 0 aliphatic rings. The maximum Gasteiger partial charge on any atom is 0.160 e. The molecule has 20 rings (SSSR count). The fraction of sp³-hybridized carbons (Fsp3) is 0.0189. The Bertz CT molecular complexity index is 6470. The van der Waals surface area contributed by atoms with Crippen LogP contribution in [0.15, 0.2) is 437 Å². The van der Waals surface area contributed by atoms with Crippen molar-refractivity contribution in [2.45, 2.75) is 13.8 Å². The van der Waals surface area contributed by atoms with Crippen LogP contribution in [0.5, 0.6) is 0 Å². The van der Waals surface area contributed by atoms with Gasteiger partial charge in [0.15, 0.2) is 11.6 Å². The van der Waals surface area contributed by atoms with Gasteiger partial charge in [0.25, 0.3) is 0 Å². The molecule has 0 N–H and O–H groups in total. The summed E-state index contributed by atoms with van der Waals surface area (Å²) >= 11 is 0. The molecule has 0 bridgehead atoms. The van der Waals surface area contributed by atoms with E-state index in [2.05, 4.69) is 382 Å². The number of aryl methyl sites for hydroxylation is 2. The molecule has 0 saturated carbocycles. The number of hydrogen-bond acceptors (Lipinski definition) is 6. The van der Waals surface area contributed by atoms with Crippen molar-refractivity contribution in [1.82, 2.24) is 29.1 Å². The smallest absolute Gasteiger partial charge is 0.160 e. The van der Waals surface area contributed by atoms with Gasteiger partial charge in [0.05, 0.1) is 39.1 Å². The summed E-state index contributed by atoms with van der Waals surface area (Å²) in [7, 11) is 0. The monoisotopic (exact) mass is 1460 g/mol. The molecule has 20 aromatic rings. The highest BCUT2D eigenvalue weighted by Crippen LogP contribution is 2.43. The predicted molar refractivity (Wildman–Crippen MR) is 476 cm³/mol. The second-order valence-corrected chi connectivity index (χ2v) is 28.3. The van der Waals surface area contributed by atoms with Crippen molar-refractivity contribution in [3.8, 4) is 90.2 Å². The van der Waals surface area contributed by atoms with Crippen LogP contribution in [0.2, 0.25) is 0 Å². The van der Waals surface area contributed by atoms with Crippen LogP contribution in [0, 0.1) is 13.8 Å².